The summed E-state index contributed by atoms with van der Waals surface area (Å²) in [6.07, 6.45) is -11.8. The Morgan fingerprint density at radius 2 is 1.66 bits per heavy atom. The summed E-state index contributed by atoms with van der Waals surface area (Å²) in [5, 5.41) is 15.8. The van der Waals surface area contributed by atoms with E-state index in [2.05, 4.69) is 15.2 Å². The number of aliphatic hydroxyl groups is 1. The molecule has 41 heavy (non-hydrogen) atoms. The van der Waals surface area contributed by atoms with Gasteiger partial charge in [0.15, 0.2) is 36.2 Å². The molecule has 2 rings (SSSR count). The highest BCUT2D eigenvalue weighted by Gasteiger charge is 2.62. The molecule has 1 aromatic heterocycles. The van der Waals surface area contributed by atoms with Crippen LogP contribution in [0.5, 0.6) is 0 Å². The van der Waals surface area contributed by atoms with Crippen LogP contribution in [-0.4, -0.2) is 81.8 Å². The topological polar surface area (TPSA) is 176 Å². The Balaban J connectivity index is 2.41. The largest absolute Gasteiger partial charge is 0.462 e. The zero-order chi connectivity index (χ0) is 31.4. The van der Waals surface area contributed by atoms with Crippen LogP contribution in [-0.2, 0) is 40.1 Å². The van der Waals surface area contributed by atoms with Crippen molar-refractivity contribution in [3.8, 4) is 0 Å². The minimum atomic E-state index is -3.90. The average Bonchev–Trinajstić information content (AvgIpc) is 3.10. The number of nitrogen functional groups attached to an aromatic ring is 1. The number of ether oxygens (including phenoxy) is 3. The summed E-state index contributed by atoms with van der Waals surface area (Å²) in [5.41, 5.74) is 0.735. The second-order valence-corrected chi connectivity index (χ2v) is 13.2. The van der Waals surface area contributed by atoms with Crippen LogP contribution in [0.3, 0.4) is 0 Å². The number of hydrogen-bond donors (Lipinski definition) is 4. The molecule has 0 saturated carbocycles. The van der Waals surface area contributed by atoms with Crippen molar-refractivity contribution in [1.29, 1.82) is 0 Å². The zero-order valence-electron chi connectivity index (χ0n) is 23.0. The van der Waals surface area contributed by atoms with Crippen LogP contribution >= 0.6 is 6.57 Å². The van der Waals surface area contributed by atoms with E-state index in [1.807, 2.05) is 0 Å². The number of nitrogens with one attached hydrogen (secondary N) is 2. The first-order chi connectivity index (χ1) is 18.8. The van der Waals surface area contributed by atoms with Gasteiger partial charge in [0.1, 0.15) is 18.2 Å². The van der Waals surface area contributed by atoms with Crippen molar-refractivity contribution in [1.82, 2.24) is 19.7 Å². The van der Waals surface area contributed by atoms with Crippen LogP contribution in [0.15, 0.2) is 11.0 Å². The minimum Gasteiger partial charge on any atom is -0.462 e. The molecular weight excluding hydrogens is 601 g/mol. The summed E-state index contributed by atoms with van der Waals surface area (Å²) in [6, 6.07) is -2.38. The molecule has 13 nitrogen and oxygen atoms in total. The molecule has 1 aromatic rings. The molecule has 6 atom stereocenters. The van der Waals surface area contributed by atoms with E-state index in [0.717, 1.165) is 0 Å². The number of anilines is 1. The van der Waals surface area contributed by atoms with Gasteiger partial charge < -0.3 is 29.6 Å². The van der Waals surface area contributed by atoms with Crippen molar-refractivity contribution in [2.75, 3.05) is 12.3 Å². The van der Waals surface area contributed by atoms with Crippen LogP contribution in [0, 0.1) is 5.82 Å². The third-order valence-corrected chi connectivity index (χ3v) is 8.50. The van der Waals surface area contributed by atoms with E-state index in [-0.39, 0.29) is 4.57 Å². The molecule has 0 aromatic carbocycles. The van der Waals surface area contributed by atoms with Gasteiger partial charge in [-0.25, -0.2) is 32.5 Å². The monoisotopic (exact) mass is 635 g/mol. The molecule has 1 aliphatic heterocycles. The van der Waals surface area contributed by atoms with Crippen molar-refractivity contribution in [2.24, 2.45) is 0 Å². The number of carbonyl (C=O) groups excluding carboxylic acids is 2. The Kier molecular flexibility index (Phi) is 11.8. The first-order valence-electron chi connectivity index (χ1n) is 12.4. The Morgan fingerprint density at radius 3 is 2.10 bits per heavy atom. The second-order valence-electron chi connectivity index (χ2n) is 9.82. The highest BCUT2D eigenvalue weighted by Crippen LogP contribution is 2.47. The summed E-state index contributed by atoms with van der Waals surface area (Å²) < 4.78 is 79.2. The third kappa shape index (κ3) is 8.43. The molecule has 0 bridgehead atoms. The number of rotatable bonds is 13. The van der Waals surface area contributed by atoms with E-state index >= 15 is 4.39 Å². The van der Waals surface area contributed by atoms with Crippen LogP contribution in [0.4, 0.5) is 23.4 Å². The normalized spacial score (nSPS) is 24.6. The van der Waals surface area contributed by atoms with E-state index in [1.54, 1.807) is 27.7 Å². The predicted octanol–water partition coefficient (Wildman–Crippen LogP) is 1.30. The summed E-state index contributed by atoms with van der Waals surface area (Å²) >= 11 is 5.48. The molecule has 0 unspecified atom stereocenters. The quantitative estimate of drug-likeness (QED) is 0.139. The number of aromatic nitrogens is 2. The Hall–Kier alpha value is -2.21. The van der Waals surface area contributed by atoms with Gasteiger partial charge >= 0.3 is 17.6 Å². The smallest absolute Gasteiger partial charge is 0.351 e. The van der Waals surface area contributed by atoms with Gasteiger partial charge in [-0.3, -0.25) is 14.2 Å². The van der Waals surface area contributed by atoms with Gasteiger partial charge in [0.25, 0.3) is 6.43 Å². The van der Waals surface area contributed by atoms with E-state index in [9.17, 15) is 32.7 Å². The fourth-order valence-corrected chi connectivity index (χ4v) is 6.53. The Morgan fingerprint density at radius 1 is 1.17 bits per heavy atom. The molecule has 0 radical (unpaired) electrons. The maximum absolute atomic E-state index is 15.2. The minimum absolute atomic E-state index is 0.226. The molecule has 1 aliphatic rings. The Bertz CT molecular complexity index is 1180. The van der Waals surface area contributed by atoms with Gasteiger partial charge in [0.2, 0.25) is 0 Å². The van der Waals surface area contributed by atoms with Gasteiger partial charge in [-0.1, -0.05) is 0 Å². The van der Waals surface area contributed by atoms with E-state index in [0.29, 0.717) is 6.20 Å². The number of hydrogen-bond acceptors (Lipinski definition) is 11. The van der Waals surface area contributed by atoms with Gasteiger partial charge in [-0.15, -0.1) is 0 Å². The lowest BCUT2D eigenvalue weighted by Gasteiger charge is -2.35. The Labute approximate surface area is 238 Å². The number of aliphatic hydroxyl groups excluding tert-OH is 1. The SMILES string of the molecule is CC(C)OC(=O)[C@H](C)NP(=S)(N[C@@H](C)C(=O)OC(C)C)OC[C@@]1(C(F)F)O[C@@H](n2cc(F)c(N)nc2=O)[C@H](F)[C@@H]1O. The van der Waals surface area contributed by atoms with Crippen LogP contribution in [0.25, 0.3) is 0 Å². The molecular formula is C22H34F4N5O8PS. The molecule has 0 spiro atoms. The van der Waals surface area contributed by atoms with Crippen LogP contribution < -0.4 is 21.6 Å². The summed E-state index contributed by atoms with van der Waals surface area (Å²) in [4.78, 5) is 40.1. The van der Waals surface area contributed by atoms with Crippen molar-refractivity contribution in [3.63, 3.8) is 0 Å². The summed E-state index contributed by atoms with van der Waals surface area (Å²) in [5.74, 6) is -3.68. The van der Waals surface area contributed by atoms with Gasteiger partial charge in [-0.05, 0) is 53.3 Å². The molecule has 234 valence electrons. The van der Waals surface area contributed by atoms with Crippen molar-refractivity contribution >= 4 is 36.1 Å². The summed E-state index contributed by atoms with van der Waals surface area (Å²) in [6.45, 7) is 3.81. The lowest BCUT2D eigenvalue weighted by Crippen LogP contribution is -2.53. The predicted molar refractivity (Wildman–Crippen MR) is 141 cm³/mol. The zero-order valence-corrected chi connectivity index (χ0v) is 24.8. The molecule has 5 N–H and O–H groups in total. The standard InChI is InChI=1S/C22H34F4N5O8PS/c1-9(2)37-18(33)11(5)29-40(41,30-12(6)19(34)38-10(3)4)36-8-22(20(25)26)15(32)14(24)17(39-22)31-7-13(23)16(27)28-21(31)35/h7,9-12,14-15,17,20,32H,8H2,1-6H3,(H2,27,28,35)(H2,29,30,41)/t11-,12-,14+,15-,17+,22+/m0/s1. The van der Waals surface area contributed by atoms with Gasteiger partial charge in [0.05, 0.1) is 25.0 Å². The molecule has 1 saturated heterocycles. The first kappa shape index (κ1) is 35.0. The van der Waals surface area contributed by atoms with E-state index < -0.39 is 97.3 Å². The lowest BCUT2D eigenvalue weighted by atomic mass is 9.97. The number of nitrogens with zero attached hydrogens (tertiary/aromatic N) is 2. The molecule has 19 heteroatoms. The van der Waals surface area contributed by atoms with E-state index in [1.165, 1.54) is 13.8 Å². The fraction of sp³-hybridized carbons (Fsp3) is 0.727. The number of nitrogens with two attached hydrogens (primary N) is 1. The maximum Gasteiger partial charge on any atom is 0.351 e. The highest BCUT2D eigenvalue weighted by atomic mass is 32.4. The van der Waals surface area contributed by atoms with Crippen molar-refractivity contribution in [2.45, 2.75) is 96.4 Å². The van der Waals surface area contributed by atoms with Crippen LogP contribution in [0.2, 0.25) is 0 Å². The lowest BCUT2D eigenvalue weighted by molar-refractivity contribution is -0.191. The molecule has 0 amide bonds. The molecule has 0 aliphatic carbocycles. The first-order valence-corrected chi connectivity index (χ1v) is 15.1. The fourth-order valence-electron chi connectivity index (χ4n) is 3.59. The van der Waals surface area contributed by atoms with Gasteiger partial charge in [-0.2, -0.15) is 4.98 Å². The van der Waals surface area contributed by atoms with Gasteiger partial charge in [0, 0.05) is 0 Å². The number of carbonyl (C=O) groups is 2. The number of halogens is 4. The van der Waals surface area contributed by atoms with Crippen LogP contribution in [0.1, 0.15) is 47.8 Å². The summed E-state index contributed by atoms with van der Waals surface area (Å²) in [7, 11) is 0. The number of esters is 2. The maximum atomic E-state index is 15.2. The molecule has 2 heterocycles. The molecule has 1 fully saturated rings. The second kappa shape index (κ2) is 13.8. The number of alkyl halides is 3. The van der Waals surface area contributed by atoms with E-state index in [4.69, 9.17) is 36.3 Å². The van der Waals surface area contributed by atoms with Crippen molar-refractivity contribution < 1.29 is 51.0 Å². The third-order valence-electron chi connectivity index (χ3n) is 5.60. The highest BCUT2D eigenvalue weighted by molar-refractivity contribution is 8.10. The van der Waals surface area contributed by atoms with Crippen molar-refractivity contribution in [3.05, 3.63) is 22.5 Å². The average molecular weight is 636 g/mol.